The summed E-state index contributed by atoms with van der Waals surface area (Å²) in [7, 11) is 0. The Morgan fingerprint density at radius 1 is 1.20 bits per heavy atom. The number of hydrogen-bond acceptors (Lipinski definition) is 6. The molecule has 2 aromatic rings. The van der Waals surface area contributed by atoms with Crippen LogP contribution in [0.15, 0.2) is 10.6 Å². The molecule has 25 heavy (non-hydrogen) atoms. The first kappa shape index (κ1) is 16.1. The Bertz CT molecular complexity index is 795. The van der Waals surface area contributed by atoms with Gasteiger partial charge in [0, 0.05) is 31.3 Å². The molecule has 0 spiro atoms. The molecule has 4 rings (SSSR count). The largest absolute Gasteiger partial charge is 0.361 e. The molecule has 4 heterocycles. The van der Waals surface area contributed by atoms with E-state index >= 15 is 0 Å². The van der Waals surface area contributed by atoms with Crippen LogP contribution in [0.5, 0.6) is 0 Å². The first-order valence-corrected chi connectivity index (χ1v) is 8.91. The van der Waals surface area contributed by atoms with E-state index in [1.807, 2.05) is 24.8 Å². The molecule has 0 aromatic carbocycles. The molecule has 1 fully saturated rings. The highest BCUT2D eigenvalue weighted by Crippen LogP contribution is 2.29. The number of anilines is 1. The number of fused-ring (bicyclic) bond motifs is 1. The number of nitrogens with zero attached hydrogens (tertiary/aromatic N) is 5. The van der Waals surface area contributed by atoms with Gasteiger partial charge in [-0.25, -0.2) is 9.97 Å². The van der Waals surface area contributed by atoms with Crippen molar-refractivity contribution in [1.29, 1.82) is 0 Å². The van der Waals surface area contributed by atoms with Gasteiger partial charge in [-0.1, -0.05) is 5.16 Å². The van der Waals surface area contributed by atoms with Crippen molar-refractivity contribution in [2.75, 3.05) is 24.5 Å². The van der Waals surface area contributed by atoms with E-state index in [0.29, 0.717) is 18.8 Å². The van der Waals surface area contributed by atoms with Crippen LogP contribution in [0.2, 0.25) is 0 Å². The molecule has 2 aromatic heterocycles. The minimum Gasteiger partial charge on any atom is -0.361 e. The summed E-state index contributed by atoms with van der Waals surface area (Å²) in [5, 5.41) is 3.85. The summed E-state index contributed by atoms with van der Waals surface area (Å²) in [6, 6.07) is 1.81. The van der Waals surface area contributed by atoms with E-state index < -0.39 is 0 Å². The maximum atomic E-state index is 12.6. The summed E-state index contributed by atoms with van der Waals surface area (Å²) in [4.78, 5) is 26.1. The predicted octanol–water partition coefficient (Wildman–Crippen LogP) is 1.81. The molecule has 0 unspecified atom stereocenters. The third kappa shape index (κ3) is 3.23. The number of carbonyl (C=O) groups excluding carboxylic acids is 1. The summed E-state index contributed by atoms with van der Waals surface area (Å²) in [6.45, 7) is 7.16. The maximum absolute atomic E-state index is 12.6. The molecule has 0 saturated carbocycles. The molecule has 0 N–H and O–H groups in total. The highest BCUT2D eigenvalue weighted by Gasteiger charge is 2.28. The summed E-state index contributed by atoms with van der Waals surface area (Å²) < 4.78 is 5.17. The van der Waals surface area contributed by atoms with E-state index in [-0.39, 0.29) is 12.3 Å². The number of aromatic nitrogens is 3. The maximum Gasteiger partial charge on any atom is 0.230 e. The van der Waals surface area contributed by atoms with Crippen molar-refractivity contribution < 1.29 is 9.32 Å². The topological polar surface area (TPSA) is 75.4 Å². The van der Waals surface area contributed by atoms with Crippen molar-refractivity contribution in [1.82, 2.24) is 20.0 Å². The van der Waals surface area contributed by atoms with E-state index in [0.717, 1.165) is 42.5 Å². The molecule has 132 valence electrons. The zero-order valence-corrected chi connectivity index (χ0v) is 14.8. The van der Waals surface area contributed by atoms with Gasteiger partial charge < -0.3 is 14.3 Å². The summed E-state index contributed by atoms with van der Waals surface area (Å²) in [5.41, 5.74) is 3.00. The Morgan fingerprint density at radius 2 is 2.00 bits per heavy atom. The van der Waals surface area contributed by atoms with Crippen LogP contribution < -0.4 is 4.90 Å². The second-order valence-corrected chi connectivity index (χ2v) is 6.89. The van der Waals surface area contributed by atoms with Crippen LogP contribution in [0.3, 0.4) is 0 Å². The van der Waals surface area contributed by atoms with Gasteiger partial charge in [0.15, 0.2) is 0 Å². The fourth-order valence-corrected chi connectivity index (χ4v) is 3.69. The van der Waals surface area contributed by atoms with Gasteiger partial charge in [-0.15, -0.1) is 0 Å². The normalized spacial score (nSPS) is 17.0. The van der Waals surface area contributed by atoms with Gasteiger partial charge in [0.25, 0.3) is 0 Å². The molecule has 0 bridgehead atoms. The molecule has 2 aliphatic heterocycles. The van der Waals surface area contributed by atoms with E-state index in [1.165, 1.54) is 18.4 Å². The molecular weight excluding hydrogens is 318 g/mol. The molecule has 7 heteroatoms. The molecular formula is C18H23N5O2. The van der Waals surface area contributed by atoms with Crippen molar-refractivity contribution in [3.8, 4) is 0 Å². The van der Waals surface area contributed by atoms with Crippen LogP contribution in [-0.4, -0.2) is 45.6 Å². The van der Waals surface area contributed by atoms with Crippen molar-refractivity contribution in [2.45, 2.75) is 46.1 Å². The Kier molecular flexibility index (Phi) is 4.15. The van der Waals surface area contributed by atoms with Crippen molar-refractivity contribution >= 4 is 11.7 Å². The molecule has 1 amide bonds. The molecule has 0 atom stereocenters. The van der Waals surface area contributed by atoms with Gasteiger partial charge in [-0.3, -0.25) is 4.79 Å². The van der Waals surface area contributed by atoms with Gasteiger partial charge in [-0.2, -0.15) is 0 Å². The second-order valence-electron chi connectivity index (χ2n) is 6.89. The smallest absolute Gasteiger partial charge is 0.230 e. The lowest BCUT2D eigenvalue weighted by atomic mass is 10.0. The highest BCUT2D eigenvalue weighted by atomic mass is 16.5. The number of carbonyl (C=O) groups is 1. The first-order valence-electron chi connectivity index (χ1n) is 8.91. The van der Waals surface area contributed by atoms with Gasteiger partial charge in [0.2, 0.25) is 5.91 Å². The zero-order chi connectivity index (χ0) is 17.4. The Morgan fingerprint density at radius 3 is 2.72 bits per heavy atom. The van der Waals surface area contributed by atoms with Gasteiger partial charge in [0.1, 0.15) is 17.4 Å². The van der Waals surface area contributed by atoms with Crippen LogP contribution in [0.4, 0.5) is 5.82 Å². The lowest BCUT2D eigenvalue weighted by Crippen LogP contribution is -2.38. The lowest BCUT2D eigenvalue weighted by molar-refractivity contribution is -0.131. The molecule has 1 saturated heterocycles. The number of rotatable bonds is 3. The predicted molar refractivity (Wildman–Crippen MR) is 92.3 cm³/mol. The fraction of sp³-hybridized carbons (Fsp3) is 0.556. The second kappa shape index (κ2) is 6.46. The van der Waals surface area contributed by atoms with Crippen LogP contribution in [-0.2, 0) is 24.2 Å². The van der Waals surface area contributed by atoms with Crippen LogP contribution in [0.25, 0.3) is 0 Å². The van der Waals surface area contributed by atoms with Gasteiger partial charge >= 0.3 is 0 Å². The summed E-state index contributed by atoms with van der Waals surface area (Å²) in [5.74, 6) is 2.53. The quantitative estimate of drug-likeness (QED) is 0.847. The van der Waals surface area contributed by atoms with Crippen LogP contribution in [0, 0.1) is 13.8 Å². The fourth-order valence-electron chi connectivity index (χ4n) is 3.69. The minimum atomic E-state index is 0.0563. The average Bonchev–Trinajstić information content (AvgIpc) is 3.25. The van der Waals surface area contributed by atoms with Crippen molar-refractivity contribution in [3.05, 3.63) is 34.6 Å². The van der Waals surface area contributed by atoms with Crippen molar-refractivity contribution in [2.24, 2.45) is 0 Å². The van der Waals surface area contributed by atoms with Crippen LogP contribution in [0.1, 0.15) is 41.4 Å². The molecule has 0 radical (unpaired) electrons. The average molecular weight is 341 g/mol. The first-order chi connectivity index (χ1) is 12.1. The van der Waals surface area contributed by atoms with Gasteiger partial charge in [0.05, 0.1) is 24.4 Å². The SMILES string of the molecule is Cc1cc(CC(=O)N2CCc3c(nc(C)nc3N3CCCC3)C2)on1. The molecule has 2 aliphatic rings. The van der Waals surface area contributed by atoms with E-state index in [1.54, 1.807) is 0 Å². The third-order valence-electron chi connectivity index (χ3n) is 4.92. The van der Waals surface area contributed by atoms with Crippen LogP contribution >= 0.6 is 0 Å². The van der Waals surface area contributed by atoms with Gasteiger partial charge in [-0.05, 0) is 33.1 Å². The van der Waals surface area contributed by atoms with E-state index in [4.69, 9.17) is 9.51 Å². The number of hydrogen-bond donors (Lipinski definition) is 0. The minimum absolute atomic E-state index is 0.0563. The standard InChI is InChI=1S/C18H23N5O2/c1-12-9-14(25-21-12)10-17(24)23-8-5-15-16(11-23)19-13(2)20-18(15)22-6-3-4-7-22/h9H,3-8,10-11H2,1-2H3. The molecule has 0 aliphatic carbocycles. The monoisotopic (exact) mass is 341 g/mol. The number of amides is 1. The summed E-state index contributed by atoms with van der Waals surface area (Å²) in [6.07, 6.45) is 3.50. The third-order valence-corrected chi connectivity index (χ3v) is 4.92. The zero-order valence-electron chi connectivity index (χ0n) is 14.8. The number of aryl methyl sites for hydroxylation is 2. The summed E-state index contributed by atoms with van der Waals surface area (Å²) >= 11 is 0. The van der Waals surface area contributed by atoms with E-state index in [9.17, 15) is 4.79 Å². The Labute approximate surface area is 147 Å². The van der Waals surface area contributed by atoms with E-state index in [2.05, 4.69) is 15.0 Å². The Hall–Kier alpha value is -2.44. The molecule has 7 nitrogen and oxygen atoms in total. The Balaban J connectivity index is 1.53. The highest BCUT2D eigenvalue weighted by molar-refractivity contribution is 5.78. The lowest BCUT2D eigenvalue weighted by Gasteiger charge is -2.31. The van der Waals surface area contributed by atoms with Crippen molar-refractivity contribution in [3.63, 3.8) is 0 Å².